The quantitative estimate of drug-likeness (QED) is 0.741. The van der Waals surface area contributed by atoms with Crippen LogP contribution in [0.3, 0.4) is 0 Å². The molecule has 0 spiro atoms. The highest BCUT2D eigenvalue weighted by Crippen LogP contribution is 2.57. The molecule has 1 aromatic rings. The maximum atomic E-state index is 5.33. The van der Waals surface area contributed by atoms with Crippen LogP contribution in [0.15, 0.2) is 9.22 Å². The highest BCUT2D eigenvalue weighted by Gasteiger charge is 2.47. The van der Waals surface area contributed by atoms with E-state index in [2.05, 4.69) is 26.1 Å². The van der Waals surface area contributed by atoms with Gasteiger partial charge in [-0.2, -0.15) is 0 Å². The molecule has 12 heavy (non-hydrogen) atoms. The van der Waals surface area contributed by atoms with Gasteiger partial charge in [0.05, 0.1) is 0 Å². The number of nitrogens with zero attached hydrogens (tertiary/aromatic N) is 2. The topological polar surface area (TPSA) is 38.9 Å². The molecule has 0 radical (unpaired) electrons. The van der Waals surface area contributed by atoms with Crippen molar-refractivity contribution in [3.8, 4) is 0 Å². The summed E-state index contributed by atoms with van der Waals surface area (Å²) in [5, 5.41) is 7.79. The van der Waals surface area contributed by atoms with Crippen LogP contribution < -0.4 is 0 Å². The second kappa shape index (κ2) is 2.31. The van der Waals surface area contributed by atoms with Gasteiger partial charge in [0.2, 0.25) is 5.89 Å². The van der Waals surface area contributed by atoms with Crippen LogP contribution in [0.1, 0.15) is 31.1 Å². The van der Waals surface area contributed by atoms with E-state index in [1.807, 2.05) is 0 Å². The number of halogens is 1. The number of rotatable bonds is 1. The zero-order valence-corrected chi connectivity index (χ0v) is 8.12. The molecule has 2 unspecified atom stereocenters. The van der Waals surface area contributed by atoms with E-state index in [4.69, 9.17) is 4.42 Å². The molecule has 2 aliphatic carbocycles. The van der Waals surface area contributed by atoms with Gasteiger partial charge in [-0.3, -0.25) is 0 Å². The summed E-state index contributed by atoms with van der Waals surface area (Å²) in [5.41, 5.74) is 0. The van der Waals surface area contributed by atoms with E-state index in [1.165, 1.54) is 19.3 Å². The SMILES string of the molecule is Brc1nnc(C2CC3CC3C2)o1. The van der Waals surface area contributed by atoms with Crippen molar-refractivity contribution in [3.05, 3.63) is 10.7 Å². The van der Waals surface area contributed by atoms with Crippen LogP contribution in [0.4, 0.5) is 0 Å². The van der Waals surface area contributed by atoms with E-state index in [1.54, 1.807) is 0 Å². The Morgan fingerprint density at radius 3 is 2.50 bits per heavy atom. The molecule has 0 saturated heterocycles. The molecule has 3 rings (SSSR count). The molecule has 4 heteroatoms. The van der Waals surface area contributed by atoms with E-state index in [0.717, 1.165) is 17.7 Å². The minimum absolute atomic E-state index is 0.512. The minimum atomic E-state index is 0.512. The Hall–Kier alpha value is -0.380. The maximum absolute atomic E-state index is 5.33. The van der Waals surface area contributed by atoms with Gasteiger partial charge < -0.3 is 4.42 Å². The first-order valence-corrected chi connectivity index (χ1v) is 5.11. The lowest BCUT2D eigenvalue weighted by molar-refractivity contribution is 0.416. The summed E-state index contributed by atoms with van der Waals surface area (Å²) in [4.78, 5) is 0.512. The van der Waals surface area contributed by atoms with Crippen molar-refractivity contribution in [3.63, 3.8) is 0 Å². The van der Waals surface area contributed by atoms with E-state index < -0.39 is 0 Å². The molecule has 1 aromatic heterocycles. The van der Waals surface area contributed by atoms with Crippen LogP contribution in [-0.2, 0) is 0 Å². The first-order chi connectivity index (χ1) is 5.83. The van der Waals surface area contributed by atoms with Gasteiger partial charge in [0.15, 0.2) is 0 Å². The lowest BCUT2D eigenvalue weighted by Crippen LogP contribution is -1.95. The summed E-state index contributed by atoms with van der Waals surface area (Å²) in [6.07, 6.45) is 3.96. The number of hydrogen-bond donors (Lipinski definition) is 0. The van der Waals surface area contributed by atoms with Gasteiger partial charge in [0.1, 0.15) is 0 Å². The second-order valence-electron chi connectivity index (χ2n) is 3.82. The molecule has 2 fully saturated rings. The Balaban J connectivity index is 1.81. The average molecular weight is 229 g/mol. The molecule has 2 atom stereocenters. The Morgan fingerprint density at radius 1 is 1.17 bits per heavy atom. The van der Waals surface area contributed by atoms with E-state index in [9.17, 15) is 0 Å². The molecule has 0 bridgehead atoms. The maximum Gasteiger partial charge on any atom is 0.284 e. The van der Waals surface area contributed by atoms with Gasteiger partial charge in [0.25, 0.3) is 4.80 Å². The molecular weight excluding hydrogens is 220 g/mol. The smallest absolute Gasteiger partial charge is 0.284 e. The lowest BCUT2D eigenvalue weighted by atomic mass is 10.0. The van der Waals surface area contributed by atoms with Crippen molar-refractivity contribution in [2.24, 2.45) is 11.8 Å². The van der Waals surface area contributed by atoms with Crippen molar-refractivity contribution in [2.45, 2.75) is 25.2 Å². The summed E-state index contributed by atoms with van der Waals surface area (Å²) < 4.78 is 5.33. The standard InChI is InChI=1S/C8H9BrN2O/c9-8-11-10-7(12-8)6-2-4-1-5(4)3-6/h4-6H,1-3H2. The van der Waals surface area contributed by atoms with Gasteiger partial charge in [-0.1, -0.05) is 0 Å². The molecule has 0 aliphatic heterocycles. The number of fused-ring (bicyclic) bond motifs is 1. The molecule has 1 heterocycles. The molecule has 3 nitrogen and oxygen atoms in total. The molecular formula is C8H9BrN2O. The van der Waals surface area contributed by atoms with Gasteiger partial charge in [-0.15, -0.1) is 10.2 Å². The Bertz CT molecular complexity index is 302. The van der Waals surface area contributed by atoms with Crippen molar-refractivity contribution >= 4 is 15.9 Å². The Kier molecular flexibility index (Phi) is 1.36. The predicted molar refractivity (Wildman–Crippen MR) is 45.6 cm³/mol. The molecule has 2 saturated carbocycles. The van der Waals surface area contributed by atoms with E-state index in [-0.39, 0.29) is 0 Å². The van der Waals surface area contributed by atoms with Crippen molar-refractivity contribution in [1.82, 2.24) is 10.2 Å². The third-order valence-corrected chi connectivity index (χ3v) is 3.33. The zero-order valence-electron chi connectivity index (χ0n) is 6.53. The van der Waals surface area contributed by atoms with Gasteiger partial charge in [-0.05, 0) is 31.1 Å². The van der Waals surface area contributed by atoms with Gasteiger partial charge >= 0.3 is 0 Å². The molecule has 2 aliphatic rings. The zero-order chi connectivity index (χ0) is 8.13. The predicted octanol–water partition coefficient (Wildman–Crippen LogP) is 2.35. The van der Waals surface area contributed by atoms with Crippen LogP contribution in [0.5, 0.6) is 0 Å². The highest BCUT2D eigenvalue weighted by molar-refractivity contribution is 9.10. The largest absolute Gasteiger partial charge is 0.415 e. The average Bonchev–Trinajstić information content (AvgIpc) is 2.49. The van der Waals surface area contributed by atoms with Crippen LogP contribution in [0, 0.1) is 11.8 Å². The van der Waals surface area contributed by atoms with Crippen LogP contribution in [0.25, 0.3) is 0 Å². The molecule has 0 aromatic carbocycles. The number of aromatic nitrogens is 2. The fourth-order valence-electron chi connectivity index (χ4n) is 2.30. The summed E-state index contributed by atoms with van der Waals surface area (Å²) in [6, 6.07) is 0. The summed E-state index contributed by atoms with van der Waals surface area (Å²) in [7, 11) is 0. The lowest BCUT2D eigenvalue weighted by Gasteiger charge is -2.03. The van der Waals surface area contributed by atoms with E-state index >= 15 is 0 Å². The number of hydrogen-bond acceptors (Lipinski definition) is 3. The van der Waals surface area contributed by atoms with Crippen molar-refractivity contribution in [1.29, 1.82) is 0 Å². The third-order valence-electron chi connectivity index (χ3n) is 3.01. The second-order valence-corrected chi connectivity index (χ2v) is 4.50. The molecule has 64 valence electrons. The summed E-state index contributed by atoms with van der Waals surface area (Å²) >= 11 is 3.17. The van der Waals surface area contributed by atoms with Crippen LogP contribution >= 0.6 is 15.9 Å². The third kappa shape index (κ3) is 1.01. The molecule has 0 amide bonds. The Morgan fingerprint density at radius 2 is 1.92 bits per heavy atom. The first kappa shape index (κ1) is 7.06. The van der Waals surface area contributed by atoms with Gasteiger partial charge in [-0.25, -0.2) is 0 Å². The van der Waals surface area contributed by atoms with Crippen molar-refractivity contribution < 1.29 is 4.42 Å². The normalized spacial score (nSPS) is 38.2. The van der Waals surface area contributed by atoms with E-state index in [0.29, 0.717) is 10.7 Å². The van der Waals surface area contributed by atoms with Crippen molar-refractivity contribution in [2.75, 3.05) is 0 Å². The molecule has 0 N–H and O–H groups in total. The Labute approximate surface area is 78.7 Å². The minimum Gasteiger partial charge on any atom is -0.415 e. The fraction of sp³-hybridized carbons (Fsp3) is 0.750. The van der Waals surface area contributed by atoms with Crippen LogP contribution in [-0.4, -0.2) is 10.2 Å². The van der Waals surface area contributed by atoms with Crippen LogP contribution in [0.2, 0.25) is 0 Å². The summed E-state index contributed by atoms with van der Waals surface area (Å²) in [6.45, 7) is 0. The summed E-state index contributed by atoms with van der Waals surface area (Å²) in [5.74, 6) is 3.32. The first-order valence-electron chi connectivity index (χ1n) is 4.32. The van der Waals surface area contributed by atoms with Gasteiger partial charge in [0, 0.05) is 21.8 Å². The highest BCUT2D eigenvalue weighted by atomic mass is 79.9. The fourth-order valence-corrected chi connectivity index (χ4v) is 2.54. The monoisotopic (exact) mass is 228 g/mol.